The van der Waals surface area contributed by atoms with E-state index in [0.29, 0.717) is 13.0 Å². The molecule has 1 atom stereocenters. The lowest BCUT2D eigenvalue weighted by molar-refractivity contribution is -0.156. The van der Waals surface area contributed by atoms with E-state index in [1.54, 1.807) is 4.90 Å². The fourth-order valence-corrected chi connectivity index (χ4v) is 3.95. The topological polar surface area (TPSA) is 70.0 Å². The highest BCUT2D eigenvalue weighted by atomic mass is 16.6. The van der Waals surface area contributed by atoms with Crippen molar-refractivity contribution in [2.24, 2.45) is 5.41 Å². The molecule has 2 rings (SSSR count). The van der Waals surface area contributed by atoms with Crippen molar-refractivity contribution in [2.75, 3.05) is 19.7 Å². The Hall–Kier alpha value is -0.810. The van der Waals surface area contributed by atoms with Crippen LogP contribution in [0.4, 0.5) is 4.79 Å². The van der Waals surface area contributed by atoms with E-state index in [4.69, 9.17) is 4.74 Å². The molecule has 1 saturated carbocycles. The lowest BCUT2D eigenvalue weighted by atomic mass is 9.61. The summed E-state index contributed by atoms with van der Waals surface area (Å²) in [7, 11) is 0. The zero-order chi connectivity index (χ0) is 16.4. The van der Waals surface area contributed by atoms with E-state index in [1.807, 2.05) is 20.8 Å². The normalized spacial score (nSPS) is 29.2. The minimum atomic E-state index is -1.00. The Morgan fingerprint density at radius 3 is 2.32 bits per heavy atom. The maximum atomic E-state index is 12.3. The van der Waals surface area contributed by atoms with Crippen LogP contribution >= 0.6 is 0 Å². The largest absolute Gasteiger partial charge is 0.444 e. The number of hydrogen-bond acceptors (Lipinski definition) is 4. The van der Waals surface area contributed by atoms with Crippen molar-refractivity contribution in [1.29, 1.82) is 0 Å². The molecule has 2 fully saturated rings. The summed E-state index contributed by atoms with van der Waals surface area (Å²) in [5.41, 5.74) is -2.00. The number of β-amino-alcohol motifs (C(OH)–C–C–N with tert-alkyl or cyclic N) is 1. The molecule has 5 heteroatoms. The first kappa shape index (κ1) is 17.5. The van der Waals surface area contributed by atoms with Gasteiger partial charge in [0.2, 0.25) is 0 Å². The van der Waals surface area contributed by atoms with Crippen molar-refractivity contribution in [3.63, 3.8) is 0 Å². The summed E-state index contributed by atoms with van der Waals surface area (Å²) < 4.78 is 5.44. The van der Waals surface area contributed by atoms with Gasteiger partial charge >= 0.3 is 6.09 Å². The van der Waals surface area contributed by atoms with Gasteiger partial charge < -0.3 is 19.8 Å². The summed E-state index contributed by atoms with van der Waals surface area (Å²) in [6, 6.07) is 0. The minimum Gasteiger partial charge on any atom is -0.444 e. The van der Waals surface area contributed by atoms with Gasteiger partial charge in [-0.15, -0.1) is 0 Å². The van der Waals surface area contributed by atoms with Crippen LogP contribution in [0.5, 0.6) is 0 Å². The Balaban J connectivity index is 2.12. The summed E-state index contributed by atoms with van der Waals surface area (Å²) >= 11 is 0. The lowest BCUT2D eigenvalue weighted by Crippen LogP contribution is -2.61. The predicted molar refractivity (Wildman–Crippen MR) is 84.6 cm³/mol. The van der Waals surface area contributed by atoms with Crippen LogP contribution in [0.3, 0.4) is 0 Å². The molecule has 0 spiro atoms. The van der Waals surface area contributed by atoms with Gasteiger partial charge in [-0.1, -0.05) is 19.3 Å². The Morgan fingerprint density at radius 1 is 1.14 bits per heavy atom. The van der Waals surface area contributed by atoms with Gasteiger partial charge in [-0.2, -0.15) is 0 Å². The number of hydrogen-bond donors (Lipinski definition) is 2. The molecule has 1 aliphatic carbocycles. The minimum absolute atomic E-state index is 0.00828. The Morgan fingerprint density at radius 2 is 1.77 bits per heavy atom. The van der Waals surface area contributed by atoms with Crippen molar-refractivity contribution in [2.45, 2.75) is 76.9 Å². The lowest BCUT2D eigenvalue weighted by Gasteiger charge is -2.52. The molecule has 0 aromatic heterocycles. The van der Waals surface area contributed by atoms with Gasteiger partial charge in [0.05, 0.1) is 18.8 Å². The monoisotopic (exact) mass is 313 g/mol. The highest BCUT2D eigenvalue weighted by molar-refractivity contribution is 5.68. The molecule has 1 saturated heterocycles. The molecule has 1 amide bonds. The number of nitrogens with zero attached hydrogens (tertiary/aromatic N) is 1. The quantitative estimate of drug-likeness (QED) is 0.822. The third-order valence-electron chi connectivity index (χ3n) is 5.22. The van der Waals surface area contributed by atoms with E-state index < -0.39 is 16.6 Å². The van der Waals surface area contributed by atoms with E-state index in [0.717, 1.165) is 38.5 Å². The number of aliphatic hydroxyl groups excluding tert-OH is 1. The number of carbonyl (C=O) groups excluding carboxylic acids is 1. The predicted octanol–water partition coefficient (Wildman–Crippen LogP) is 2.69. The van der Waals surface area contributed by atoms with E-state index in [9.17, 15) is 15.0 Å². The molecule has 1 heterocycles. The number of rotatable bonds is 2. The second-order valence-corrected chi connectivity index (χ2v) is 8.04. The van der Waals surface area contributed by atoms with Gasteiger partial charge in [-0.3, -0.25) is 0 Å². The molecular formula is C17H31NO4. The number of aliphatic hydroxyl groups is 2. The van der Waals surface area contributed by atoms with Crippen LogP contribution in [0.1, 0.15) is 65.7 Å². The Kier molecular flexibility index (Phi) is 5.07. The molecule has 5 nitrogen and oxygen atoms in total. The van der Waals surface area contributed by atoms with Crippen LogP contribution in [0.15, 0.2) is 0 Å². The molecular weight excluding hydrogens is 282 g/mol. The number of ether oxygens (including phenoxy) is 1. The molecule has 128 valence electrons. The van der Waals surface area contributed by atoms with Gasteiger partial charge in [0.15, 0.2) is 0 Å². The Labute approximate surface area is 133 Å². The SMILES string of the molecule is CC(C)(C)OC(=O)N1CCCC(O)(C2(CO)CCCCC2)C1. The van der Waals surface area contributed by atoms with Crippen LogP contribution in [0.2, 0.25) is 0 Å². The zero-order valence-corrected chi connectivity index (χ0v) is 14.2. The van der Waals surface area contributed by atoms with Crippen LogP contribution in [-0.4, -0.2) is 52.1 Å². The van der Waals surface area contributed by atoms with Crippen LogP contribution in [-0.2, 0) is 4.74 Å². The molecule has 22 heavy (non-hydrogen) atoms. The first-order chi connectivity index (χ1) is 10.2. The van der Waals surface area contributed by atoms with E-state index in [1.165, 1.54) is 0 Å². The fourth-order valence-electron chi connectivity index (χ4n) is 3.95. The maximum absolute atomic E-state index is 12.3. The first-order valence-corrected chi connectivity index (χ1v) is 8.53. The van der Waals surface area contributed by atoms with Crippen LogP contribution in [0, 0.1) is 5.41 Å². The molecule has 2 N–H and O–H groups in total. The third-order valence-corrected chi connectivity index (χ3v) is 5.22. The number of carbonyl (C=O) groups is 1. The van der Waals surface area contributed by atoms with Crippen molar-refractivity contribution in [3.05, 3.63) is 0 Å². The summed E-state index contributed by atoms with van der Waals surface area (Å²) in [6.45, 7) is 6.40. The van der Waals surface area contributed by atoms with Crippen molar-refractivity contribution >= 4 is 6.09 Å². The molecule has 0 aromatic rings. The first-order valence-electron chi connectivity index (χ1n) is 8.53. The van der Waals surface area contributed by atoms with Gasteiger partial charge in [-0.25, -0.2) is 4.79 Å². The van der Waals surface area contributed by atoms with E-state index in [-0.39, 0.29) is 19.2 Å². The Bertz CT molecular complexity index is 398. The van der Waals surface area contributed by atoms with Crippen molar-refractivity contribution < 1.29 is 19.7 Å². The number of amides is 1. The second-order valence-electron chi connectivity index (χ2n) is 8.04. The summed E-state index contributed by atoms with van der Waals surface area (Å²) in [5, 5.41) is 21.2. The van der Waals surface area contributed by atoms with Gasteiger partial charge in [0, 0.05) is 12.0 Å². The van der Waals surface area contributed by atoms with Crippen molar-refractivity contribution in [1.82, 2.24) is 4.90 Å². The molecule has 1 unspecified atom stereocenters. The highest BCUT2D eigenvalue weighted by Crippen LogP contribution is 2.48. The zero-order valence-electron chi connectivity index (χ0n) is 14.2. The average molecular weight is 313 g/mol. The standard InChI is InChI=1S/C17H31NO4/c1-15(2,3)22-14(20)18-11-7-10-17(21,12-18)16(13-19)8-5-4-6-9-16/h19,21H,4-13H2,1-3H3. The molecule has 0 aromatic carbocycles. The third kappa shape index (κ3) is 3.57. The fraction of sp³-hybridized carbons (Fsp3) is 0.941. The van der Waals surface area contributed by atoms with Gasteiger partial charge in [0.25, 0.3) is 0 Å². The van der Waals surface area contributed by atoms with E-state index >= 15 is 0 Å². The second kappa shape index (κ2) is 6.36. The van der Waals surface area contributed by atoms with Gasteiger partial charge in [0.1, 0.15) is 5.60 Å². The highest BCUT2D eigenvalue weighted by Gasteiger charge is 2.52. The maximum Gasteiger partial charge on any atom is 0.410 e. The van der Waals surface area contributed by atoms with Gasteiger partial charge in [-0.05, 0) is 46.5 Å². The average Bonchev–Trinajstić information content (AvgIpc) is 2.46. The summed E-state index contributed by atoms with van der Waals surface area (Å²) in [6.07, 6.45) is 5.93. The molecule has 0 bridgehead atoms. The molecule has 0 radical (unpaired) electrons. The number of likely N-dealkylation sites (tertiary alicyclic amines) is 1. The smallest absolute Gasteiger partial charge is 0.410 e. The van der Waals surface area contributed by atoms with E-state index in [2.05, 4.69) is 0 Å². The summed E-state index contributed by atoms with van der Waals surface area (Å²) in [5.74, 6) is 0. The molecule has 1 aliphatic heterocycles. The molecule has 2 aliphatic rings. The van der Waals surface area contributed by atoms with Crippen molar-refractivity contribution in [3.8, 4) is 0 Å². The summed E-state index contributed by atoms with van der Waals surface area (Å²) in [4.78, 5) is 13.9. The van der Waals surface area contributed by atoms with Crippen LogP contribution < -0.4 is 0 Å². The number of piperidine rings is 1. The van der Waals surface area contributed by atoms with Crippen LogP contribution in [0.25, 0.3) is 0 Å².